The van der Waals surface area contributed by atoms with Crippen LogP contribution in [0.3, 0.4) is 0 Å². The molecule has 1 N–H and O–H groups in total. The lowest BCUT2D eigenvalue weighted by atomic mass is 10.00. The van der Waals surface area contributed by atoms with Crippen molar-refractivity contribution < 1.29 is 9.53 Å². The third-order valence-corrected chi connectivity index (χ3v) is 5.06. The van der Waals surface area contributed by atoms with Crippen LogP contribution < -0.4 is 10.2 Å². The molecule has 0 radical (unpaired) electrons. The molecule has 0 saturated carbocycles. The molecule has 0 unspecified atom stereocenters. The van der Waals surface area contributed by atoms with E-state index in [9.17, 15) is 4.79 Å². The summed E-state index contributed by atoms with van der Waals surface area (Å²) in [7, 11) is 1.34. The Morgan fingerprint density at radius 2 is 2.00 bits per heavy atom. The summed E-state index contributed by atoms with van der Waals surface area (Å²) in [6.07, 6.45) is 2.69. The highest BCUT2D eigenvalue weighted by Crippen LogP contribution is 2.27. The monoisotopic (exact) mass is 394 g/mol. The van der Waals surface area contributed by atoms with E-state index in [4.69, 9.17) is 16.3 Å². The number of carbonyl (C=O) groups excluding carboxylic acids is 1. The zero-order valence-electron chi connectivity index (χ0n) is 15.4. The number of rotatable bonds is 4. The van der Waals surface area contributed by atoms with Crippen molar-refractivity contribution >= 4 is 35.0 Å². The normalized spacial score (nSPS) is 13.0. The second-order valence-corrected chi connectivity index (χ2v) is 6.90. The van der Waals surface area contributed by atoms with Gasteiger partial charge in [0, 0.05) is 19.3 Å². The number of hydrogen-bond acceptors (Lipinski definition) is 6. The van der Waals surface area contributed by atoms with Crippen LogP contribution >= 0.6 is 11.6 Å². The maximum atomic E-state index is 11.8. The zero-order chi connectivity index (χ0) is 19.5. The molecule has 142 valence electrons. The Bertz CT molecular complexity index is 1020. The van der Waals surface area contributed by atoms with Crippen molar-refractivity contribution in [2.45, 2.75) is 13.0 Å². The van der Waals surface area contributed by atoms with Gasteiger partial charge in [-0.2, -0.15) is 4.98 Å². The fraction of sp³-hybridized carbons (Fsp3) is 0.190. The van der Waals surface area contributed by atoms with E-state index in [-0.39, 0.29) is 0 Å². The van der Waals surface area contributed by atoms with Gasteiger partial charge in [-0.05, 0) is 41.8 Å². The fourth-order valence-corrected chi connectivity index (χ4v) is 3.43. The second-order valence-electron chi connectivity index (χ2n) is 6.49. The minimum absolute atomic E-state index is 0.401. The van der Waals surface area contributed by atoms with Gasteiger partial charge >= 0.3 is 5.97 Å². The Kier molecular flexibility index (Phi) is 5.12. The molecule has 1 aromatic heterocycles. The van der Waals surface area contributed by atoms with Crippen molar-refractivity contribution in [2.75, 3.05) is 23.9 Å². The molecule has 2 aromatic carbocycles. The first-order chi connectivity index (χ1) is 13.6. The highest BCUT2D eigenvalue weighted by atomic mass is 35.5. The summed E-state index contributed by atoms with van der Waals surface area (Å²) < 4.78 is 4.76. The van der Waals surface area contributed by atoms with Gasteiger partial charge in [0.05, 0.1) is 23.4 Å². The Morgan fingerprint density at radius 3 is 2.82 bits per heavy atom. The maximum absolute atomic E-state index is 11.8. The number of esters is 1. The van der Waals surface area contributed by atoms with Crippen LogP contribution in [0.1, 0.15) is 21.5 Å². The summed E-state index contributed by atoms with van der Waals surface area (Å²) in [6, 6.07) is 15.2. The number of hydrogen-bond donors (Lipinski definition) is 1. The fourth-order valence-electron chi connectivity index (χ4n) is 3.26. The molecule has 0 fully saturated rings. The number of nitrogens with one attached hydrogen (secondary N) is 1. The first kappa shape index (κ1) is 18.3. The summed E-state index contributed by atoms with van der Waals surface area (Å²) in [5.74, 6) is 0.828. The van der Waals surface area contributed by atoms with Gasteiger partial charge in [-0.3, -0.25) is 0 Å². The third kappa shape index (κ3) is 3.77. The van der Waals surface area contributed by atoms with Gasteiger partial charge < -0.3 is 15.0 Å². The molecule has 0 amide bonds. The van der Waals surface area contributed by atoms with E-state index in [0.29, 0.717) is 22.2 Å². The average Bonchev–Trinajstić information content (AvgIpc) is 2.74. The molecular formula is C21H19ClN4O2. The molecule has 1 aliphatic heterocycles. The lowest BCUT2D eigenvalue weighted by molar-refractivity contribution is 0.0601. The van der Waals surface area contributed by atoms with Crippen LogP contribution in [0.25, 0.3) is 0 Å². The van der Waals surface area contributed by atoms with E-state index in [1.807, 2.05) is 6.07 Å². The van der Waals surface area contributed by atoms with Gasteiger partial charge in [-0.25, -0.2) is 9.78 Å². The van der Waals surface area contributed by atoms with Crippen LogP contribution in [0, 0.1) is 0 Å². The highest BCUT2D eigenvalue weighted by molar-refractivity contribution is 6.33. The number of methoxy groups -OCH3 is 1. The molecule has 0 aliphatic carbocycles. The molecule has 4 rings (SSSR count). The Hall–Kier alpha value is -3.12. The van der Waals surface area contributed by atoms with Crippen LogP contribution in [0.2, 0.25) is 5.02 Å². The van der Waals surface area contributed by atoms with Crippen LogP contribution in [0.4, 0.5) is 17.5 Å². The van der Waals surface area contributed by atoms with E-state index in [1.165, 1.54) is 18.2 Å². The highest BCUT2D eigenvalue weighted by Gasteiger charge is 2.18. The molecule has 2 heterocycles. The van der Waals surface area contributed by atoms with Crippen molar-refractivity contribution in [3.8, 4) is 0 Å². The van der Waals surface area contributed by atoms with Crippen LogP contribution in [0.15, 0.2) is 54.7 Å². The van der Waals surface area contributed by atoms with Crippen LogP contribution in [-0.4, -0.2) is 29.6 Å². The molecule has 0 spiro atoms. The standard InChI is InChI=1S/C21H19ClN4O2/c1-28-20(27)15-6-7-17(22)18(12-15)24-21-23-10-8-19(25-21)26-11-9-14-4-2-3-5-16(14)13-26/h2-8,10,12H,9,11,13H2,1H3,(H,23,24,25). The Balaban J connectivity index is 1.56. The summed E-state index contributed by atoms with van der Waals surface area (Å²) in [5, 5.41) is 3.57. The first-order valence-electron chi connectivity index (χ1n) is 8.94. The molecule has 28 heavy (non-hydrogen) atoms. The van der Waals surface area contributed by atoms with Gasteiger partial charge in [0.15, 0.2) is 0 Å². The number of nitrogens with zero attached hydrogens (tertiary/aromatic N) is 3. The molecule has 3 aromatic rings. The number of fused-ring (bicyclic) bond motifs is 1. The van der Waals surface area contributed by atoms with Gasteiger partial charge in [-0.15, -0.1) is 0 Å². The number of ether oxygens (including phenoxy) is 1. The largest absolute Gasteiger partial charge is 0.465 e. The number of anilines is 3. The van der Waals surface area contributed by atoms with Crippen molar-refractivity contribution in [2.24, 2.45) is 0 Å². The predicted octanol–water partition coefficient (Wildman–Crippen LogP) is 4.22. The average molecular weight is 395 g/mol. The Morgan fingerprint density at radius 1 is 1.18 bits per heavy atom. The summed E-state index contributed by atoms with van der Waals surface area (Å²) >= 11 is 6.26. The lowest BCUT2D eigenvalue weighted by Gasteiger charge is -2.29. The zero-order valence-corrected chi connectivity index (χ0v) is 16.1. The minimum Gasteiger partial charge on any atom is -0.465 e. The van der Waals surface area contributed by atoms with Crippen LogP contribution in [0.5, 0.6) is 0 Å². The number of carbonyl (C=O) groups is 1. The van der Waals surface area contributed by atoms with E-state index in [2.05, 4.69) is 44.5 Å². The van der Waals surface area contributed by atoms with Gasteiger partial charge in [0.25, 0.3) is 0 Å². The van der Waals surface area contributed by atoms with E-state index in [0.717, 1.165) is 25.3 Å². The topological polar surface area (TPSA) is 67.3 Å². The van der Waals surface area contributed by atoms with Crippen LogP contribution in [-0.2, 0) is 17.7 Å². The van der Waals surface area contributed by atoms with E-state index >= 15 is 0 Å². The summed E-state index contributed by atoms with van der Waals surface area (Å²) in [6.45, 7) is 1.71. The van der Waals surface area contributed by atoms with E-state index < -0.39 is 5.97 Å². The molecule has 0 bridgehead atoms. The van der Waals surface area contributed by atoms with E-state index in [1.54, 1.807) is 24.4 Å². The van der Waals surface area contributed by atoms with Gasteiger partial charge in [0.2, 0.25) is 5.95 Å². The molecule has 1 aliphatic rings. The Labute approximate surface area is 168 Å². The maximum Gasteiger partial charge on any atom is 0.337 e. The van der Waals surface area contributed by atoms with Crippen molar-refractivity contribution in [3.05, 3.63) is 76.4 Å². The molecule has 6 nitrogen and oxygen atoms in total. The minimum atomic E-state index is -0.429. The van der Waals surface area contributed by atoms with Gasteiger partial charge in [0.1, 0.15) is 5.82 Å². The smallest absolute Gasteiger partial charge is 0.337 e. The number of halogens is 1. The SMILES string of the molecule is COC(=O)c1ccc(Cl)c(Nc2nccc(N3CCc4ccccc4C3)n2)c1. The van der Waals surface area contributed by atoms with Crippen molar-refractivity contribution in [3.63, 3.8) is 0 Å². The third-order valence-electron chi connectivity index (χ3n) is 4.73. The number of benzene rings is 2. The van der Waals surface area contributed by atoms with Crippen molar-refractivity contribution in [1.82, 2.24) is 9.97 Å². The molecule has 7 heteroatoms. The lowest BCUT2D eigenvalue weighted by Crippen LogP contribution is -2.31. The van der Waals surface area contributed by atoms with Gasteiger partial charge in [-0.1, -0.05) is 35.9 Å². The first-order valence-corrected chi connectivity index (χ1v) is 9.31. The molecular weight excluding hydrogens is 376 g/mol. The number of aromatic nitrogens is 2. The second kappa shape index (κ2) is 7.86. The molecule has 0 saturated heterocycles. The molecule has 0 atom stereocenters. The summed E-state index contributed by atoms with van der Waals surface area (Å²) in [5.41, 5.74) is 3.65. The quantitative estimate of drug-likeness (QED) is 0.668. The summed E-state index contributed by atoms with van der Waals surface area (Å²) in [4.78, 5) is 22.9. The van der Waals surface area contributed by atoms with Crippen molar-refractivity contribution in [1.29, 1.82) is 0 Å². The predicted molar refractivity (Wildman–Crippen MR) is 109 cm³/mol.